The van der Waals surface area contributed by atoms with E-state index in [1.807, 2.05) is 17.5 Å². The molecule has 3 N–H and O–H groups in total. The van der Waals surface area contributed by atoms with Crippen molar-refractivity contribution in [2.24, 2.45) is 0 Å². The molecule has 0 fully saturated rings. The topological polar surface area (TPSA) is 100 Å². The molecule has 2 heterocycles. The molecule has 0 aliphatic rings. The van der Waals surface area contributed by atoms with Crippen molar-refractivity contribution in [3.05, 3.63) is 86.2 Å². The van der Waals surface area contributed by atoms with Gasteiger partial charge >= 0.3 is 18.2 Å². The van der Waals surface area contributed by atoms with Crippen LogP contribution in [0, 0.1) is 5.82 Å². The molecule has 174 valence electrons. The second kappa shape index (κ2) is 9.86. The number of aromatic nitrogens is 1. The molecule has 0 spiro atoms. The highest BCUT2D eigenvalue weighted by Crippen LogP contribution is 2.33. The maximum absolute atomic E-state index is 13.6. The number of pyridine rings is 1. The van der Waals surface area contributed by atoms with Crippen molar-refractivity contribution in [2.75, 3.05) is 5.32 Å². The lowest BCUT2D eigenvalue weighted by Gasteiger charge is -2.19. The van der Waals surface area contributed by atoms with Crippen LogP contribution in [0.4, 0.5) is 28.0 Å². The molecule has 33 heavy (non-hydrogen) atoms. The van der Waals surface area contributed by atoms with Crippen LogP contribution in [-0.2, 0) is 17.5 Å². The second-order valence-electron chi connectivity index (χ2n) is 6.92. The Labute approximate surface area is 188 Å². The minimum absolute atomic E-state index is 0.115. The van der Waals surface area contributed by atoms with Crippen molar-refractivity contribution < 1.29 is 32.3 Å². The zero-order valence-electron chi connectivity index (χ0n) is 16.7. The first-order valence-electron chi connectivity index (χ1n) is 9.42. The maximum Gasteiger partial charge on any atom is 0.419 e. The van der Waals surface area contributed by atoms with Crippen LogP contribution in [0.2, 0.25) is 0 Å². The van der Waals surface area contributed by atoms with Crippen molar-refractivity contribution >= 4 is 29.0 Å². The van der Waals surface area contributed by atoms with E-state index in [1.54, 1.807) is 0 Å². The SMILES string of the molecule is O=C(O)CC(NC(=O)Nc1cccn(Cc2cccs2)c1=O)c1ccc(F)c(C(F)(F)F)c1. The molecule has 3 rings (SSSR count). The number of carboxylic acid groups (broad SMARTS) is 1. The molecular formula is C21H17F4N3O4S. The van der Waals surface area contributed by atoms with Gasteiger partial charge in [0.25, 0.3) is 5.56 Å². The number of urea groups is 1. The number of nitrogens with zero attached hydrogens (tertiary/aromatic N) is 1. The number of hydrogen-bond acceptors (Lipinski definition) is 4. The number of rotatable bonds is 7. The fourth-order valence-electron chi connectivity index (χ4n) is 3.05. The molecule has 0 saturated heterocycles. The molecule has 0 aliphatic heterocycles. The smallest absolute Gasteiger partial charge is 0.419 e. The fraction of sp³-hybridized carbons (Fsp3) is 0.190. The van der Waals surface area contributed by atoms with Gasteiger partial charge in [-0.1, -0.05) is 12.1 Å². The van der Waals surface area contributed by atoms with Crippen LogP contribution in [0.25, 0.3) is 0 Å². The van der Waals surface area contributed by atoms with Gasteiger partial charge in [0.15, 0.2) is 0 Å². The Hall–Kier alpha value is -3.67. The fourth-order valence-corrected chi connectivity index (χ4v) is 3.75. The van der Waals surface area contributed by atoms with Gasteiger partial charge in [-0.05, 0) is 41.3 Å². The molecule has 1 atom stereocenters. The number of carbonyl (C=O) groups is 2. The van der Waals surface area contributed by atoms with Crippen molar-refractivity contribution in [3.8, 4) is 0 Å². The highest BCUT2D eigenvalue weighted by atomic mass is 32.1. The van der Waals surface area contributed by atoms with Crippen LogP contribution in [0.3, 0.4) is 0 Å². The number of alkyl halides is 3. The van der Waals surface area contributed by atoms with Gasteiger partial charge in [-0.25, -0.2) is 9.18 Å². The molecule has 7 nitrogen and oxygen atoms in total. The molecule has 2 amide bonds. The summed E-state index contributed by atoms with van der Waals surface area (Å²) in [7, 11) is 0. The number of benzene rings is 1. The van der Waals surface area contributed by atoms with Gasteiger partial charge in [0.2, 0.25) is 0 Å². The molecule has 0 aliphatic carbocycles. The van der Waals surface area contributed by atoms with E-state index >= 15 is 0 Å². The molecule has 0 bridgehead atoms. The zero-order valence-corrected chi connectivity index (χ0v) is 17.5. The van der Waals surface area contributed by atoms with Gasteiger partial charge < -0.3 is 20.3 Å². The Bertz CT molecular complexity index is 1210. The number of amides is 2. The number of halogens is 4. The van der Waals surface area contributed by atoms with Gasteiger partial charge in [-0.15, -0.1) is 11.3 Å². The Morgan fingerprint density at radius 3 is 2.55 bits per heavy atom. The summed E-state index contributed by atoms with van der Waals surface area (Å²) in [6.07, 6.45) is -4.25. The molecule has 3 aromatic rings. The number of carbonyl (C=O) groups excluding carboxylic acids is 1. The first-order chi connectivity index (χ1) is 15.5. The van der Waals surface area contributed by atoms with Crippen LogP contribution in [0.15, 0.2) is 58.8 Å². The van der Waals surface area contributed by atoms with Gasteiger partial charge in [-0.3, -0.25) is 9.59 Å². The van der Waals surface area contributed by atoms with E-state index < -0.39 is 47.6 Å². The van der Waals surface area contributed by atoms with Gasteiger partial charge in [0.1, 0.15) is 11.5 Å². The van der Waals surface area contributed by atoms with Gasteiger partial charge in [0.05, 0.1) is 24.6 Å². The number of aliphatic carboxylic acids is 1. The Morgan fingerprint density at radius 2 is 1.91 bits per heavy atom. The molecule has 1 aromatic carbocycles. The summed E-state index contributed by atoms with van der Waals surface area (Å²) < 4.78 is 54.0. The van der Waals surface area contributed by atoms with E-state index in [0.717, 1.165) is 10.9 Å². The van der Waals surface area contributed by atoms with E-state index in [4.69, 9.17) is 5.11 Å². The lowest BCUT2D eigenvalue weighted by molar-refractivity contribution is -0.140. The molecule has 0 radical (unpaired) electrons. The lowest BCUT2D eigenvalue weighted by atomic mass is 10.0. The average Bonchev–Trinajstić information content (AvgIpc) is 3.23. The standard InChI is InChI=1S/C21H17F4N3O4S/c22-15-6-5-12(9-14(15)21(23,24)25)17(10-18(29)30)27-20(32)26-16-4-1-7-28(19(16)31)11-13-3-2-8-33-13/h1-9,17H,10-11H2,(H,29,30)(H2,26,27,32). The second-order valence-corrected chi connectivity index (χ2v) is 7.95. The average molecular weight is 483 g/mol. The first-order valence-corrected chi connectivity index (χ1v) is 10.3. The molecule has 1 unspecified atom stereocenters. The summed E-state index contributed by atoms with van der Waals surface area (Å²) in [4.78, 5) is 37.2. The zero-order chi connectivity index (χ0) is 24.2. The highest BCUT2D eigenvalue weighted by molar-refractivity contribution is 7.09. The number of thiophene rings is 1. The number of carboxylic acids is 1. The Balaban J connectivity index is 1.81. The summed E-state index contributed by atoms with van der Waals surface area (Å²) in [5, 5.41) is 15.5. The highest BCUT2D eigenvalue weighted by Gasteiger charge is 2.35. The van der Waals surface area contributed by atoms with E-state index in [-0.39, 0.29) is 17.8 Å². The summed E-state index contributed by atoms with van der Waals surface area (Å²) >= 11 is 1.44. The van der Waals surface area contributed by atoms with Crippen molar-refractivity contribution in [1.82, 2.24) is 9.88 Å². The van der Waals surface area contributed by atoms with Gasteiger partial charge in [-0.2, -0.15) is 13.2 Å². The van der Waals surface area contributed by atoms with Crippen molar-refractivity contribution in [1.29, 1.82) is 0 Å². The van der Waals surface area contributed by atoms with Gasteiger partial charge in [0, 0.05) is 11.1 Å². The summed E-state index contributed by atoms with van der Waals surface area (Å²) in [6.45, 7) is 0.269. The molecule has 2 aromatic heterocycles. The molecule has 12 heteroatoms. The van der Waals surface area contributed by atoms with Crippen LogP contribution >= 0.6 is 11.3 Å². The molecule has 0 saturated carbocycles. The third kappa shape index (κ3) is 6.19. The van der Waals surface area contributed by atoms with Crippen LogP contribution in [0.5, 0.6) is 0 Å². The van der Waals surface area contributed by atoms with E-state index in [1.165, 1.54) is 34.2 Å². The maximum atomic E-state index is 13.6. The normalized spacial score (nSPS) is 12.2. The third-order valence-corrected chi connectivity index (χ3v) is 5.42. The summed E-state index contributed by atoms with van der Waals surface area (Å²) in [5.41, 5.74) is -2.49. The third-order valence-electron chi connectivity index (χ3n) is 4.56. The van der Waals surface area contributed by atoms with Crippen LogP contribution in [-0.4, -0.2) is 21.7 Å². The lowest BCUT2D eigenvalue weighted by Crippen LogP contribution is -2.36. The predicted octanol–water partition coefficient (Wildman–Crippen LogP) is 4.45. The summed E-state index contributed by atoms with van der Waals surface area (Å²) in [5.74, 6) is -2.93. The van der Waals surface area contributed by atoms with E-state index in [9.17, 15) is 31.9 Å². The monoisotopic (exact) mass is 483 g/mol. The van der Waals surface area contributed by atoms with E-state index in [0.29, 0.717) is 12.1 Å². The molecular weight excluding hydrogens is 466 g/mol. The van der Waals surface area contributed by atoms with Crippen molar-refractivity contribution in [3.63, 3.8) is 0 Å². The Kier molecular flexibility index (Phi) is 7.16. The number of anilines is 1. The number of hydrogen-bond donors (Lipinski definition) is 3. The van der Waals surface area contributed by atoms with Crippen LogP contribution < -0.4 is 16.2 Å². The quantitative estimate of drug-likeness (QED) is 0.432. The predicted molar refractivity (Wildman–Crippen MR) is 113 cm³/mol. The Morgan fingerprint density at radius 1 is 1.15 bits per heavy atom. The van der Waals surface area contributed by atoms with Crippen molar-refractivity contribution in [2.45, 2.75) is 25.2 Å². The minimum atomic E-state index is -5.01. The number of nitrogens with one attached hydrogen (secondary N) is 2. The minimum Gasteiger partial charge on any atom is -0.481 e. The van der Waals surface area contributed by atoms with E-state index in [2.05, 4.69) is 10.6 Å². The first kappa shape index (κ1) is 24.0. The van der Waals surface area contributed by atoms with Crippen LogP contribution in [0.1, 0.15) is 28.5 Å². The summed E-state index contributed by atoms with van der Waals surface area (Å²) in [6, 6.07) is 6.03. The largest absolute Gasteiger partial charge is 0.481 e.